The molecule has 1 aliphatic rings. The summed E-state index contributed by atoms with van der Waals surface area (Å²) in [5.41, 5.74) is -2.05. The third kappa shape index (κ3) is 7.31. The summed E-state index contributed by atoms with van der Waals surface area (Å²) in [7, 11) is 0. The highest BCUT2D eigenvalue weighted by Crippen LogP contribution is 2.43. The van der Waals surface area contributed by atoms with Crippen LogP contribution in [-0.2, 0) is 19.1 Å². The Balaban J connectivity index is 3.42. The highest BCUT2D eigenvalue weighted by atomic mass is 35.5. The Hall–Kier alpha value is -1.38. The number of aliphatic hydroxyl groups excluding tert-OH is 1. The summed E-state index contributed by atoms with van der Waals surface area (Å²) in [5.74, 6) is -2.03. The molecule has 194 valence electrons. The van der Waals surface area contributed by atoms with Crippen molar-refractivity contribution in [1.82, 2.24) is 0 Å². The largest absolute Gasteiger partial charge is 0.456 e. The van der Waals surface area contributed by atoms with Crippen molar-refractivity contribution in [1.29, 1.82) is 0 Å². The molecule has 0 aromatic rings. The molecule has 0 aromatic carbocycles. The lowest BCUT2D eigenvalue weighted by molar-refractivity contribution is -0.184. The highest BCUT2D eigenvalue weighted by molar-refractivity contribution is 6.21. The van der Waals surface area contributed by atoms with E-state index in [-0.39, 0.29) is 12.8 Å². The summed E-state index contributed by atoms with van der Waals surface area (Å²) in [6.45, 7) is 15.1. The summed E-state index contributed by atoms with van der Waals surface area (Å²) >= 11 is 12.8. The predicted molar refractivity (Wildman–Crippen MR) is 133 cm³/mol. The van der Waals surface area contributed by atoms with Crippen molar-refractivity contribution >= 4 is 35.1 Å². The van der Waals surface area contributed by atoms with Crippen LogP contribution in [0.4, 0.5) is 0 Å². The fraction of sp³-hybridized carbons (Fsp3) is 0.680. The van der Waals surface area contributed by atoms with Gasteiger partial charge < -0.3 is 24.8 Å². The number of alkyl halides is 2. The lowest BCUT2D eigenvalue weighted by Gasteiger charge is -2.47. The fourth-order valence-corrected chi connectivity index (χ4v) is 3.99. The minimum absolute atomic E-state index is 0.0110. The third-order valence-corrected chi connectivity index (χ3v) is 7.81. The van der Waals surface area contributed by atoms with E-state index in [2.05, 4.69) is 6.58 Å². The van der Waals surface area contributed by atoms with Crippen LogP contribution < -0.4 is 0 Å². The van der Waals surface area contributed by atoms with E-state index in [1.807, 2.05) is 0 Å². The molecule has 9 heteroatoms. The summed E-state index contributed by atoms with van der Waals surface area (Å²) in [4.78, 5) is 25.1. The number of halogens is 2. The average Bonchev–Trinajstić information content (AvgIpc) is 2.76. The quantitative estimate of drug-likeness (QED) is 0.183. The van der Waals surface area contributed by atoms with Crippen molar-refractivity contribution in [2.75, 3.05) is 0 Å². The lowest BCUT2D eigenvalue weighted by Crippen LogP contribution is -2.61. The summed E-state index contributed by atoms with van der Waals surface area (Å²) in [5, 5.41) is 30.3. The molecule has 3 N–H and O–H groups in total. The van der Waals surface area contributed by atoms with E-state index >= 15 is 0 Å². The third-order valence-electron chi connectivity index (χ3n) is 6.48. The van der Waals surface area contributed by atoms with Crippen molar-refractivity contribution in [2.45, 2.75) is 102 Å². The van der Waals surface area contributed by atoms with Crippen LogP contribution in [0.1, 0.15) is 61.3 Å². The standard InChI is InChI=1S/C25H38Cl2O7/c1-9-13(3)22(29)33-17(12-18(26)24(6,7)31)15(5)16-11-19(27)25(8,32)21(28)20(16)34-23(30)14(4)10-2/h9-10,16-21,28,31-32H,5,11-12H2,1-4,6-8H3/b13-9-,14-10-/t16-,17?,18?,19+,20+,21+,25-/m1/s1. The van der Waals surface area contributed by atoms with Crippen molar-refractivity contribution < 1.29 is 34.4 Å². The average molecular weight is 521 g/mol. The molecule has 1 saturated carbocycles. The lowest BCUT2D eigenvalue weighted by atomic mass is 9.71. The van der Waals surface area contributed by atoms with Gasteiger partial charge in [-0.1, -0.05) is 18.7 Å². The zero-order valence-electron chi connectivity index (χ0n) is 21.0. The summed E-state index contributed by atoms with van der Waals surface area (Å²) in [6.07, 6.45) is -0.467. The molecule has 0 amide bonds. The van der Waals surface area contributed by atoms with Gasteiger partial charge in [-0.2, -0.15) is 0 Å². The van der Waals surface area contributed by atoms with Gasteiger partial charge in [0, 0.05) is 23.5 Å². The van der Waals surface area contributed by atoms with E-state index in [4.69, 9.17) is 32.7 Å². The Morgan fingerprint density at radius 2 is 1.71 bits per heavy atom. The minimum Gasteiger partial charge on any atom is -0.456 e. The van der Waals surface area contributed by atoms with Crippen LogP contribution in [-0.4, -0.2) is 67.5 Å². The summed E-state index contributed by atoms with van der Waals surface area (Å²) in [6, 6.07) is 0. The van der Waals surface area contributed by atoms with Crippen molar-refractivity contribution in [3.63, 3.8) is 0 Å². The molecule has 34 heavy (non-hydrogen) atoms. The van der Waals surface area contributed by atoms with Crippen LogP contribution in [0.15, 0.2) is 35.5 Å². The molecule has 7 atom stereocenters. The molecule has 0 saturated heterocycles. The molecule has 0 aliphatic heterocycles. The van der Waals surface area contributed by atoms with Gasteiger partial charge in [-0.15, -0.1) is 23.2 Å². The van der Waals surface area contributed by atoms with Crippen molar-refractivity contribution in [2.24, 2.45) is 5.92 Å². The van der Waals surface area contributed by atoms with E-state index in [9.17, 15) is 24.9 Å². The molecule has 1 rings (SSSR count). The van der Waals surface area contributed by atoms with Crippen LogP contribution in [0.5, 0.6) is 0 Å². The molecule has 0 heterocycles. The normalized spacial score (nSPS) is 30.4. The molecule has 0 radical (unpaired) electrons. The smallest absolute Gasteiger partial charge is 0.333 e. The van der Waals surface area contributed by atoms with Gasteiger partial charge in [0.2, 0.25) is 0 Å². The number of carbonyl (C=O) groups excluding carboxylic acids is 2. The molecular formula is C25H38Cl2O7. The number of ether oxygens (including phenoxy) is 2. The van der Waals surface area contributed by atoms with Crippen LogP contribution in [0.2, 0.25) is 0 Å². The van der Waals surface area contributed by atoms with E-state index in [0.717, 1.165) is 0 Å². The van der Waals surface area contributed by atoms with Crippen molar-refractivity contribution in [3.05, 3.63) is 35.5 Å². The number of rotatable bonds is 9. The number of carbonyl (C=O) groups is 2. The van der Waals surface area contributed by atoms with Gasteiger partial charge in [0.1, 0.15) is 23.9 Å². The second-order valence-electron chi connectivity index (χ2n) is 9.62. The zero-order valence-corrected chi connectivity index (χ0v) is 22.5. The zero-order chi connectivity index (χ0) is 26.6. The summed E-state index contributed by atoms with van der Waals surface area (Å²) < 4.78 is 11.3. The Bertz CT molecular complexity index is 826. The van der Waals surface area contributed by atoms with E-state index in [0.29, 0.717) is 16.7 Å². The topological polar surface area (TPSA) is 113 Å². The highest BCUT2D eigenvalue weighted by Gasteiger charge is 2.54. The van der Waals surface area contributed by atoms with Gasteiger partial charge >= 0.3 is 11.9 Å². The Labute approximate surface area is 212 Å². The maximum Gasteiger partial charge on any atom is 0.333 e. The Morgan fingerprint density at radius 1 is 1.21 bits per heavy atom. The molecule has 2 unspecified atom stereocenters. The molecule has 7 nitrogen and oxygen atoms in total. The minimum atomic E-state index is -1.75. The molecule has 1 fully saturated rings. The van der Waals surface area contributed by atoms with Crippen molar-refractivity contribution in [3.8, 4) is 0 Å². The van der Waals surface area contributed by atoms with Gasteiger partial charge in [0.05, 0.1) is 16.4 Å². The molecule has 0 aromatic heterocycles. The second-order valence-corrected chi connectivity index (χ2v) is 10.7. The number of esters is 2. The van der Waals surface area contributed by atoms with E-state index in [1.54, 1.807) is 39.8 Å². The number of allylic oxidation sites excluding steroid dienone is 2. The Morgan fingerprint density at radius 3 is 2.18 bits per heavy atom. The number of aliphatic hydroxyl groups is 3. The van der Waals surface area contributed by atoms with Crippen LogP contribution in [0.25, 0.3) is 0 Å². The van der Waals surface area contributed by atoms with E-state index in [1.165, 1.54) is 20.8 Å². The van der Waals surface area contributed by atoms with Crippen LogP contribution in [0.3, 0.4) is 0 Å². The first-order chi connectivity index (χ1) is 15.5. The number of hydrogen-bond donors (Lipinski definition) is 3. The first-order valence-electron chi connectivity index (χ1n) is 11.3. The second kappa shape index (κ2) is 12.0. The fourth-order valence-electron chi connectivity index (χ4n) is 3.51. The van der Waals surface area contributed by atoms with E-state index < -0.39 is 58.1 Å². The van der Waals surface area contributed by atoms with Gasteiger partial charge in [-0.05, 0) is 60.5 Å². The monoisotopic (exact) mass is 520 g/mol. The number of hydrogen-bond acceptors (Lipinski definition) is 7. The Kier molecular flexibility index (Phi) is 10.9. The molecule has 0 spiro atoms. The SMILES string of the molecule is C=C(C(CC(Cl)C(C)(C)O)OC(=O)/C(C)=C\C)[C@H]1C[C@H](Cl)[C@@](C)(O)[C@@H](O)[C@H]1OC(=O)/C(C)=C\C. The van der Waals surface area contributed by atoms with Gasteiger partial charge in [0.25, 0.3) is 0 Å². The van der Waals surface area contributed by atoms with Gasteiger partial charge in [-0.3, -0.25) is 0 Å². The van der Waals surface area contributed by atoms with Gasteiger partial charge in [0.15, 0.2) is 0 Å². The molecule has 1 aliphatic carbocycles. The molecule has 0 bridgehead atoms. The predicted octanol–water partition coefficient (Wildman–Crippen LogP) is 3.81. The maximum atomic E-state index is 12.6. The van der Waals surface area contributed by atoms with Crippen LogP contribution >= 0.6 is 23.2 Å². The first-order valence-corrected chi connectivity index (χ1v) is 12.1. The van der Waals surface area contributed by atoms with Gasteiger partial charge in [-0.25, -0.2) is 9.59 Å². The van der Waals surface area contributed by atoms with Crippen LogP contribution in [0, 0.1) is 5.92 Å². The molecular weight excluding hydrogens is 483 g/mol. The first kappa shape index (κ1) is 30.7. The maximum absolute atomic E-state index is 12.6.